The predicted molar refractivity (Wildman–Crippen MR) is 145 cm³/mol. The fourth-order valence-corrected chi connectivity index (χ4v) is 5.94. The molecule has 1 N–H and O–H groups in total. The highest BCUT2D eigenvalue weighted by Gasteiger charge is 2.37. The number of aliphatic carboxylic acids is 1. The van der Waals surface area contributed by atoms with E-state index in [1.807, 2.05) is 46.4 Å². The van der Waals surface area contributed by atoms with Crippen molar-refractivity contribution < 1.29 is 28.6 Å². The van der Waals surface area contributed by atoms with Crippen LogP contribution in [0.1, 0.15) is 86.1 Å². The lowest BCUT2D eigenvalue weighted by atomic mass is 9.78. The van der Waals surface area contributed by atoms with Gasteiger partial charge in [-0.2, -0.15) is 0 Å². The van der Waals surface area contributed by atoms with Crippen molar-refractivity contribution in [2.24, 2.45) is 5.92 Å². The molecule has 7 heteroatoms. The Hall–Kier alpha value is -2.93. The molecule has 4 rings (SSSR count). The molecule has 0 saturated heterocycles. The minimum Gasteiger partial charge on any atom is -0.490 e. The summed E-state index contributed by atoms with van der Waals surface area (Å²) in [4.78, 5) is 27.7. The van der Waals surface area contributed by atoms with Gasteiger partial charge in [0.15, 0.2) is 17.7 Å². The molecule has 2 aromatic rings. The number of carboxylic acid groups (broad SMARTS) is 1. The Kier molecular flexibility index (Phi) is 7.63. The Morgan fingerprint density at radius 2 is 1.82 bits per heavy atom. The van der Waals surface area contributed by atoms with Crippen LogP contribution in [0.5, 0.6) is 5.75 Å². The van der Waals surface area contributed by atoms with Gasteiger partial charge in [0.25, 0.3) is 0 Å². The van der Waals surface area contributed by atoms with Crippen molar-refractivity contribution in [1.82, 2.24) is 4.90 Å². The van der Waals surface area contributed by atoms with E-state index in [0.717, 1.165) is 39.8 Å². The zero-order valence-electron chi connectivity index (χ0n) is 23.9. The first-order valence-electron chi connectivity index (χ1n) is 13.5. The van der Waals surface area contributed by atoms with Crippen molar-refractivity contribution in [3.05, 3.63) is 50.8 Å². The molecule has 0 aliphatic carbocycles. The van der Waals surface area contributed by atoms with Crippen LogP contribution in [0, 0.1) is 32.5 Å². The van der Waals surface area contributed by atoms with E-state index in [1.54, 1.807) is 0 Å². The van der Waals surface area contributed by atoms with Crippen molar-refractivity contribution in [3.8, 4) is 16.9 Å². The fraction of sp³-hybridized carbons (Fsp3) is 0.548. The summed E-state index contributed by atoms with van der Waals surface area (Å²) >= 11 is 0. The van der Waals surface area contributed by atoms with E-state index in [1.165, 1.54) is 6.07 Å². The molecule has 2 aromatic carbocycles. The SMILES string of the molecule is Cc1c(-c2c(C)c3c(c(C)c2C(OC(C)(C)C)C(=O)O)CC(=O)N(CC(C)C)C3)cc(F)c2c1CCCO2. The van der Waals surface area contributed by atoms with Gasteiger partial charge in [0, 0.05) is 24.2 Å². The second kappa shape index (κ2) is 10.3. The second-order valence-electron chi connectivity index (χ2n) is 12.1. The first-order chi connectivity index (χ1) is 17.7. The van der Waals surface area contributed by atoms with E-state index in [2.05, 4.69) is 13.8 Å². The van der Waals surface area contributed by atoms with E-state index in [0.29, 0.717) is 54.5 Å². The van der Waals surface area contributed by atoms with Gasteiger partial charge in [0.2, 0.25) is 5.91 Å². The summed E-state index contributed by atoms with van der Waals surface area (Å²) in [7, 11) is 0. The van der Waals surface area contributed by atoms with Gasteiger partial charge in [-0.15, -0.1) is 0 Å². The number of fused-ring (bicyclic) bond motifs is 2. The summed E-state index contributed by atoms with van der Waals surface area (Å²) in [5.74, 6) is -0.924. The third-order valence-electron chi connectivity index (χ3n) is 7.60. The predicted octanol–water partition coefficient (Wildman–Crippen LogP) is 6.22. The average molecular weight is 526 g/mol. The molecule has 206 valence electrons. The maximum Gasteiger partial charge on any atom is 0.337 e. The molecule has 6 nitrogen and oxygen atoms in total. The number of rotatable bonds is 6. The van der Waals surface area contributed by atoms with Crippen LogP contribution in [0.15, 0.2) is 6.07 Å². The monoisotopic (exact) mass is 525 g/mol. The Bertz CT molecular complexity index is 1290. The number of carboxylic acids is 1. The third kappa shape index (κ3) is 5.18. The van der Waals surface area contributed by atoms with E-state index in [-0.39, 0.29) is 12.3 Å². The number of hydrogen-bond donors (Lipinski definition) is 1. The quantitative estimate of drug-likeness (QED) is 0.484. The van der Waals surface area contributed by atoms with Crippen molar-refractivity contribution in [1.29, 1.82) is 0 Å². The first kappa shape index (κ1) is 28.1. The minimum absolute atomic E-state index is 0.0316. The van der Waals surface area contributed by atoms with Gasteiger partial charge in [-0.25, -0.2) is 9.18 Å². The summed E-state index contributed by atoms with van der Waals surface area (Å²) in [6, 6.07) is 1.48. The van der Waals surface area contributed by atoms with Gasteiger partial charge in [-0.1, -0.05) is 13.8 Å². The number of hydrogen-bond acceptors (Lipinski definition) is 4. The largest absolute Gasteiger partial charge is 0.490 e. The second-order valence-corrected chi connectivity index (χ2v) is 12.1. The van der Waals surface area contributed by atoms with E-state index in [9.17, 15) is 14.7 Å². The van der Waals surface area contributed by atoms with Crippen LogP contribution in [0.25, 0.3) is 11.1 Å². The molecule has 1 atom stereocenters. The minimum atomic E-state index is -1.28. The van der Waals surface area contributed by atoms with Gasteiger partial charge in [-0.3, -0.25) is 4.79 Å². The molecule has 0 bridgehead atoms. The highest BCUT2D eigenvalue weighted by molar-refractivity contribution is 5.88. The lowest BCUT2D eigenvalue weighted by Crippen LogP contribution is -2.39. The lowest BCUT2D eigenvalue weighted by Gasteiger charge is -2.36. The van der Waals surface area contributed by atoms with Gasteiger partial charge >= 0.3 is 5.97 Å². The summed E-state index contributed by atoms with van der Waals surface area (Å²) < 4.78 is 27.3. The topological polar surface area (TPSA) is 76.1 Å². The van der Waals surface area contributed by atoms with E-state index < -0.39 is 23.5 Å². The summed E-state index contributed by atoms with van der Waals surface area (Å²) in [5.41, 5.74) is 6.25. The fourth-order valence-electron chi connectivity index (χ4n) is 5.94. The maximum atomic E-state index is 15.5. The third-order valence-corrected chi connectivity index (χ3v) is 7.60. The smallest absolute Gasteiger partial charge is 0.337 e. The number of carbonyl (C=O) groups excluding carboxylic acids is 1. The Morgan fingerprint density at radius 1 is 1.13 bits per heavy atom. The first-order valence-corrected chi connectivity index (χ1v) is 13.5. The normalized spacial score (nSPS) is 16.3. The molecule has 1 unspecified atom stereocenters. The van der Waals surface area contributed by atoms with E-state index >= 15 is 4.39 Å². The summed E-state index contributed by atoms with van der Waals surface area (Å²) in [6.07, 6.45) is 0.410. The highest BCUT2D eigenvalue weighted by Crippen LogP contribution is 2.46. The number of benzene rings is 2. The van der Waals surface area contributed by atoms with Gasteiger partial charge in [0.05, 0.1) is 18.6 Å². The number of ether oxygens (including phenoxy) is 2. The van der Waals surface area contributed by atoms with Gasteiger partial charge in [-0.05, 0) is 105 Å². The van der Waals surface area contributed by atoms with Crippen LogP contribution >= 0.6 is 0 Å². The summed E-state index contributed by atoms with van der Waals surface area (Å²) in [6.45, 7) is 17.0. The van der Waals surface area contributed by atoms with Crippen LogP contribution < -0.4 is 4.74 Å². The Morgan fingerprint density at radius 3 is 2.42 bits per heavy atom. The zero-order chi connectivity index (χ0) is 28.1. The van der Waals surface area contributed by atoms with Crippen molar-refractivity contribution in [2.45, 2.75) is 92.9 Å². The maximum absolute atomic E-state index is 15.5. The molecule has 0 fully saturated rings. The Labute approximate surface area is 225 Å². The van der Waals surface area contributed by atoms with Gasteiger partial charge < -0.3 is 19.5 Å². The summed E-state index contributed by atoms with van der Waals surface area (Å²) in [5, 5.41) is 10.4. The van der Waals surface area contributed by atoms with Crippen LogP contribution in [0.4, 0.5) is 4.39 Å². The zero-order valence-corrected chi connectivity index (χ0v) is 23.9. The van der Waals surface area contributed by atoms with Crippen LogP contribution in [-0.2, 0) is 33.7 Å². The molecular formula is C31H40FNO5. The Balaban J connectivity index is 2.06. The van der Waals surface area contributed by atoms with E-state index in [4.69, 9.17) is 9.47 Å². The van der Waals surface area contributed by atoms with Crippen LogP contribution in [0.3, 0.4) is 0 Å². The molecule has 2 aliphatic heterocycles. The number of nitrogens with zero attached hydrogens (tertiary/aromatic N) is 1. The van der Waals surface area contributed by atoms with Crippen molar-refractivity contribution in [2.75, 3.05) is 13.2 Å². The van der Waals surface area contributed by atoms with Crippen molar-refractivity contribution >= 4 is 11.9 Å². The molecule has 0 aromatic heterocycles. The highest BCUT2D eigenvalue weighted by atomic mass is 19.1. The molecule has 0 saturated carbocycles. The van der Waals surface area contributed by atoms with Crippen LogP contribution in [-0.4, -0.2) is 40.6 Å². The van der Waals surface area contributed by atoms with Gasteiger partial charge in [0.1, 0.15) is 0 Å². The van der Waals surface area contributed by atoms with Crippen LogP contribution in [0.2, 0.25) is 0 Å². The lowest BCUT2D eigenvalue weighted by molar-refractivity contribution is -0.160. The standard InChI is InChI=1S/C31H40FNO5/c1-16(2)14-33-15-23-19(5)26(22-12-24(32)28-20(17(22)3)10-9-11-37-28)27(18(4)21(23)13-25(33)34)29(30(35)36)38-31(6,7)8/h12,16,29H,9-11,13-15H2,1-8H3,(H,35,36). The number of halogens is 1. The average Bonchev–Trinajstić information content (AvgIpc) is 2.82. The number of carbonyl (C=O) groups is 2. The van der Waals surface area contributed by atoms with Crippen molar-refractivity contribution in [3.63, 3.8) is 0 Å². The molecule has 38 heavy (non-hydrogen) atoms. The molecule has 2 heterocycles. The molecule has 2 aliphatic rings. The molecule has 0 radical (unpaired) electrons. The molecule has 1 amide bonds. The molecule has 0 spiro atoms. The molecular weight excluding hydrogens is 485 g/mol. The number of amides is 1.